The van der Waals surface area contributed by atoms with Crippen LogP contribution < -0.4 is 5.32 Å². The number of phenols is 1. The van der Waals surface area contributed by atoms with Crippen molar-refractivity contribution in [2.45, 2.75) is 65.4 Å². The van der Waals surface area contributed by atoms with E-state index in [4.69, 9.17) is 4.74 Å². The second kappa shape index (κ2) is 9.71. The van der Waals surface area contributed by atoms with Crippen LogP contribution in [-0.4, -0.2) is 17.7 Å². The molecule has 4 nitrogen and oxygen atoms in total. The number of alkyl carbamates (subject to hydrolysis) is 1. The first-order valence-corrected chi connectivity index (χ1v) is 10.3. The molecular formula is C26H33NO3. The molecule has 0 aliphatic heterocycles. The van der Waals surface area contributed by atoms with E-state index >= 15 is 0 Å². The van der Waals surface area contributed by atoms with Gasteiger partial charge in [0.1, 0.15) is 12.4 Å². The normalized spacial score (nSPS) is 11.4. The molecule has 2 aromatic carbocycles. The van der Waals surface area contributed by atoms with Crippen molar-refractivity contribution in [2.24, 2.45) is 0 Å². The predicted molar refractivity (Wildman–Crippen MR) is 122 cm³/mol. The fourth-order valence-corrected chi connectivity index (χ4v) is 2.89. The molecule has 0 radical (unpaired) electrons. The van der Waals surface area contributed by atoms with Gasteiger partial charge < -0.3 is 15.2 Å². The highest BCUT2D eigenvalue weighted by Gasteiger charge is 2.24. The average Bonchev–Trinajstić information content (AvgIpc) is 2.66. The molecule has 0 unspecified atom stereocenters. The van der Waals surface area contributed by atoms with Crippen LogP contribution in [0.15, 0.2) is 42.5 Å². The van der Waals surface area contributed by atoms with E-state index in [0.717, 1.165) is 16.7 Å². The van der Waals surface area contributed by atoms with Gasteiger partial charge in [-0.05, 0) is 28.0 Å². The van der Waals surface area contributed by atoms with E-state index in [2.05, 4.69) is 64.8 Å². The predicted octanol–water partition coefficient (Wildman–Crippen LogP) is 5.66. The van der Waals surface area contributed by atoms with Gasteiger partial charge in [0.05, 0.1) is 5.56 Å². The Morgan fingerprint density at radius 3 is 2.30 bits per heavy atom. The minimum Gasteiger partial charge on any atom is -0.506 e. The maximum atomic E-state index is 11.8. The Balaban J connectivity index is 1.99. The summed E-state index contributed by atoms with van der Waals surface area (Å²) in [6.07, 6.45) is -0.00181. The molecule has 0 aliphatic carbocycles. The number of ether oxygens (including phenoxy) is 1. The van der Waals surface area contributed by atoms with Crippen LogP contribution in [0.1, 0.15) is 70.2 Å². The first-order valence-electron chi connectivity index (χ1n) is 10.3. The third-order valence-electron chi connectivity index (χ3n) is 4.74. The molecule has 0 saturated heterocycles. The summed E-state index contributed by atoms with van der Waals surface area (Å²) in [6, 6.07) is 13.6. The van der Waals surface area contributed by atoms with Crippen molar-refractivity contribution in [3.8, 4) is 17.6 Å². The number of hydrogen-bond donors (Lipinski definition) is 2. The molecule has 0 fully saturated rings. The zero-order valence-electron chi connectivity index (χ0n) is 18.9. The van der Waals surface area contributed by atoms with Crippen molar-refractivity contribution in [1.29, 1.82) is 0 Å². The van der Waals surface area contributed by atoms with Crippen LogP contribution in [0.5, 0.6) is 5.75 Å². The van der Waals surface area contributed by atoms with Crippen molar-refractivity contribution < 1.29 is 14.6 Å². The quantitative estimate of drug-likeness (QED) is 0.508. The smallest absolute Gasteiger partial charge is 0.407 e. The van der Waals surface area contributed by atoms with Crippen LogP contribution in [0.2, 0.25) is 0 Å². The number of benzene rings is 2. The Hall–Kier alpha value is -2.93. The van der Waals surface area contributed by atoms with Crippen molar-refractivity contribution in [1.82, 2.24) is 5.32 Å². The van der Waals surface area contributed by atoms with Gasteiger partial charge in [-0.3, -0.25) is 0 Å². The van der Waals surface area contributed by atoms with E-state index in [-0.39, 0.29) is 23.2 Å². The van der Waals surface area contributed by atoms with E-state index in [1.807, 2.05) is 36.4 Å². The zero-order valence-corrected chi connectivity index (χ0v) is 18.9. The molecule has 0 heterocycles. The maximum Gasteiger partial charge on any atom is 0.407 e. The average molecular weight is 408 g/mol. The van der Waals surface area contributed by atoms with Crippen molar-refractivity contribution in [3.05, 3.63) is 64.7 Å². The molecule has 0 atom stereocenters. The van der Waals surface area contributed by atoms with Gasteiger partial charge in [0.15, 0.2) is 0 Å². The van der Waals surface area contributed by atoms with E-state index < -0.39 is 6.09 Å². The summed E-state index contributed by atoms with van der Waals surface area (Å²) in [5.74, 6) is 6.36. The Bertz CT molecular complexity index is 923. The Kier molecular flexibility index (Phi) is 7.56. The summed E-state index contributed by atoms with van der Waals surface area (Å²) in [5, 5.41) is 13.4. The summed E-state index contributed by atoms with van der Waals surface area (Å²) < 4.78 is 5.18. The van der Waals surface area contributed by atoms with Crippen LogP contribution in [0.4, 0.5) is 4.79 Å². The van der Waals surface area contributed by atoms with Gasteiger partial charge in [0, 0.05) is 18.5 Å². The van der Waals surface area contributed by atoms with Gasteiger partial charge in [0.25, 0.3) is 0 Å². The van der Waals surface area contributed by atoms with Gasteiger partial charge in [0.2, 0.25) is 0 Å². The summed E-state index contributed by atoms with van der Waals surface area (Å²) in [6.45, 7) is 13.3. The summed E-state index contributed by atoms with van der Waals surface area (Å²) >= 11 is 0. The monoisotopic (exact) mass is 407 g/mol. The molecule has 160 valence electrons. The third-order valence-corrected chi connectivity index (χ3v) is 4.74. The fraction of sp³-hybridized carbons (Fsp3) is 0.423. The Morgan fingerprint density at radius 2 is 1.70 bits per heavy atom. The minimum atomic E-state index is -0.465. The van der Waals surface area contributed by atoms with Crippen LogP contribution in [0.25, 0.3) is 0 Å². The van der Waals surface area contributed by atoms with Gasteiger partial charge in [-0.25, -0.2) is 4.79 Å². The number of carbonyl (C=O) groups is 1. The highest BCUT2D eigenvalue weighted by atomic mass is 16.5. The fourth-order valence-electron chi connectivity index (χ4n) is 2.89. The molecule has 4 heteroatoms. The third kappa shape index (κ3) is 6.84. The van der Waals surface area contributed by atoms with Crippen LogP contribution in [-0.2, 0) is 22.2 Å². The Labute approximate surface area is 180 Å². The molecule has 0 spiro atoms. The summed E-state index contributed by atoms with van der Waals surface area (Å²) in [7, 11) is 0. The molecular weight excluding hydrogens is 374 g/mol. The van der Waals surface area contributed by atoms with E-state index in [9.17, 15) is 9.90 Å². The molecule has 30 heavy (non-hydrogen) atoms. The van der Waals surface area contributed by atoms with E-state index in [1.165, 1.54) is 0 Å². The van der Waals surface area contributed by atoms with Gasteiger partial charge in [-0.2, -0.15) is 0 Å². The molecule has 1 amide bonds. The SMILES string of the molecule is CC(C)(C)c1cc(C#CCCNC(=O)OCc2ccccc2)c(O)c(C(C)(C)C)c1. The van der Waals surface area contributed by atoms with Crippen LogP contribution in [0, 0.1) is 11.8 Å². The highest BCUT2D eigenvalue weighted by molar-refractivity contribution is 5.67. The van der Waals surface area contributed by atoms with E-state index in [1.54, 1.807) is 0 Å². The lowest BCUT2D eigenvalue weighted by molar-refractivity contribution is 0.140. The standard InChI is InChI=1S/C26H33NO3/c1-25(2,3)21-16-20(23(28)22(17-21)26(4,5)6)14-10-11-15-27-24(29)30-18-19-12-8-7-9-13-19/h7-9,12-13,16-17,28H,11,15,18H2,1-6H3,(H,27,29). The second-order valence-electron chi connectivity index (χ2n) is 9.46. The minimum absolute atomic E-state index is 0.0474. The molecule has 0 saturated carbocycles. The molecule has 2 N–H and O–H groups in total. The molecule has 0 bridgehead atoms. The number of hydrogen-bond acceptors (Lipinski definition) is 3. The number of aromatic hydroxyl groups is 1. The van der Waals surface area contributed by atoms with Crippen molar-refractivity contribution >= 4 is 6.09 Å². The molecule has 0 aromatic heterocycles. The summed E-state index contributed by atoms with van der Waals surface area (Å²) in [4.78, 5) is 11.8. The first kappa shape index (κ1) is 23.3. The van der Waals surface area contributed by atoms with Crippen LogP contribution in [0.3, 0.4) is 0 Å². The number of phenolic OH excluding ortho intramolecular Hbond substituents is 1. The summed E-state index contributed by atoms with van der Waals surface area (Å²) in [5.41, 5.74) is 3.36. The number of carbonyl (C=O) groups excluding carboxylic acids is 1. The van der Waals surface area contributed by atoms with E-state index in [0.29, 0.717) is 18.5 Å². The molecule has 2 rings (SSSR count). The van der Waals surface area contributed by atoms with Crippen LogP contribution >= 0.6 is 0 Å². The van der Waals surface area contributed by atoms with Gasteiger partial charge >= 0.3 is 6.09 Å². The largest absolute Gasteiger partial charge is 0.506 e. The lowest BCUT2D eigenvalue weighted by atomic mass is 9.79. The van der Waals surface area contributed by atoms with Crippen molar-refractivity contribution in [2.75, 3.05) is 6.54 Å². The van der Waals surface area contributed by atoms with Gasteiger partial charge in [-0.15, -0.1) is 0 Å². The number of rotatable bonds is 4. The Morgan fingerprint density at radius 1 is 1.03 bits per heavy atom. The maximum absolute atomic E-state index is 11.8. The number of nitrogens with one attached hydrogen (secondary N) is 1. The lowest BCUT2D eigenvalue weighted by Crippen LogP contribution is -2.24. The lowest BCUT2D eigenvalue weighted by Gasteiger charge is -2.26. The topological polar surface area (TPSA) is 58.6 Å². The zero-order chi connectivity index (χ0) is 22.4. The second-order valence-corrected chi connectivity index (χ2v) is 9.46. The first-order chi connectivity index (χ1) is 14.0. The van der Waals surface area contributed by atoms with Crippen molar-refractivity contribution in [3.63, 3.8) is 0 Å². The molecule has 0 aliphatic rings. The number of amides is 1. The van der Waals surface area contributed by atoms with Gasteiger partial charge in [-0.1, -0.05) is 89.8 Å². The molecule has 2 aromatic rings. The highest BCUT2D eigenvalue weighted by Crippen LogP contribution is 2.37.